The van der Waals surface area contributed by atoms with Crippen LogP contribution in [0.1, 0.15) is 0 Å². The molecule has 0 spiro atoms. The van der Waals surface area contributed by atoms with Crippen LogP contribution in [-0.4, -0.2) is 9.78 Å². The second-order valence-corrected chi connectivity index (χ2v) is 3.68. The topological polar surface area (TPSA) is 34.9 Å². The predicted molar refractivity (Wildman–Crippen MR) is 57.5 cm³/mol. The van der Waals surface area contributed by atoms with Crippen LogP contribution >= 0.6 is 15.9 Å². The van der Waals surface area contributed by atoms with E-state index < -0.39 is 0 Å². The molecule has 1 heterocycles. The van der Waals surface area contributed by atoms with Gasteiger partial charge in [-0.25, -0.2) is 0 Å². The average Bonchev–Trinajstić information content (AvgIpc) is 2.19. The van der Waals surface area contributed by atoms with Gasteiger partial charge in [-0.2, -0.15) is 9.78 Å². The lowest BCUT2D eigenvalue weighted by Gasteiger charge is -2.02. The van der Waals surface area contributed by atoms with Crippen LogP contribution in [0.25, 0.3) is 5.69 Å². The summed E-state index contributed by atoms with van der Waals surface area (Å²) < 4.78 is 2.04. The van der Waals surface area contributed by atoms with Crippen molar-refractivity contribution in [3.8, 4) is 5.69 Å². The lowest BCUT2D eigenvalue weighted by Crippen LogP contribution is -2.19. The van der Waals surface area contributed by atoms with Crippen LogP contribution in [-0.2, 0) is 0 Å². The first-order valence-electron chi connectivity index (χ1n) is 4.08. The Balaban J connectivity index is 2.59. The first-order chi connectivity index (χ1) is 6.77. The fraction of sp³-hybridized carbons (Fsp3) is 0. The van der Waals surface area contributed by atoms with Gasteiger partial charge in [-0.05, 0) is 28.1 Å². The smallest absolute Gasteiger partial charge is 0.267 e. The van der Waals surface area contributed by atoms with Crippen molar-refractivity contribution in [1.29, 1.82) is 0 Å². The molecule has 4 heteroatoms. The quantitative estimate of drug-likeness (QED) is 0.776. The number of benzene rings is 1. The zero-order chi connectivity index (χ0) is 9.97. The maximum atomic E-state index is 11.5. The van der Waals surface area contributed by atoms with Gasteiger partial charge in [-0.3, -0.25) is 4.79 Å². The highest BCUT2D eigenvalue weighted by atomic mass is 79.9. The maximum absolute atomic E-state index is 11.5. The molecule has 2 aromatic rings. The van der Waals surface area contributed by atoms with Gasteiger partial charge < -0.3 is 0 Å². The van der Waals surface area contributed by atoms with Gasteiger partial charge in [0.1, 0.15) is 0 Å². The SMILES string of the molecule is O=c1cc(Br)cnn1-c1ccccc1. The molecule has 0 saturated heterocycles. The van der Waals surface area contributed by atoms with Gasteiger partial charge in [-0.1, -0.05) is 18.2 Å². The number of hydrogen-bond donors (Lipinski definition) is 0. The number of aromatic nitrogens is 2. The molecular formula is C10H7BrN2O. The van der Waals surface area contributed by atoms with Crippen LogP contribution < -0.4 is 5.56 Å². The Labute approximate surface area is 89.1 Å². The van der Waals surface area contributed by atoms with Crippen molar-refractivity contribution in [2.24, 2.45) is 0 Å². The molecule has 0 saturated carbocycles. The monoisotopic (exact) mass is 250 g/mol. The highest BCUT2D eigenvalue weighted by molar-refractivity contribution is 9.10. The van der Waals surface area contributed by atoms with Crippen molar-refractivity contribution >= 4 is 15.9 Å². The second kappa shape index (κ2) is 3.75. The zero-order valence-corrected chi connectivity index (χ0v) is 8.81. The highest BCUT2D eigenvalue weighted by Crippen LogP contribution is 2.05. The fourth-order valence-electron chi connectivity index (χ4n) is 1.15. The third-order valence-corrected chi connectivity index (χ3v) is 2.20. The van der Waals surface area contributed by atoms with E-state index in [4.69, 9.17) is 0 Å². The molecule has 0 unspecified atom stereocenters. The van der Waals surface area contributed by atoms with Crippen LogP contribution in [0.2, 0.25) is 0 Å². The van der Waals surface area contributed by atoms with Crippen molar-refractivity contribution in [3.63, 3.8) is 0 Å². The van der Waals surface area contributed by atoms with Crippen LogP contribution in [0.15, 0.2) is 51.9 Å². The summed E-state index contributed by atoms with van der Waals surface area (Å²) in [6.45, 7) is 0. The van der Waals surface area contributed by atoms with E-state index in [9.17, 15) is 4.79 Å². The average molecular weight is 251 g/mol. The Morgan fingerprint density at radius 1 is 1.21 bits per heavy atom. The highest BCUT2D eigenvalue weighted by Gasteiger charge is 1.99. The minimum absolute atomic E-state index is 0.148. The second-order valence-electron chi connectivity index (χ2n) is 2.76. The van der Waals surface area contributed by atoms with E-state index in [0.717, 1.165) is 5.69 Å². The summed E-state index contributed by atoms with van der Waals surface area (Å²) in [5, 5.41) is 4.01. The lowest BCUT2D eigenvalue weighted by atomic mass is 10.3. The number of halogens is 1. The summed E-state index contributed by atoms with van der Waals surface area (Å²) in [5.74, 6) is 0. The van der Waals surface area contributed by atoms with Crippen LogP contribution in [0, 0.1) is 0 Å². The summed E-state index contributed by atoms with van der Waals surface area (Å²) in [6.07, 6.45) is 1.59. The van der Waals surface area contributed by atoms with Crippen molar-refractivity contribution in [1.82, 2.24) is 9.78 Å². The molecule has 1 aromatic heterocycles. The summed E-state index contributed by atoms with van der Waals surface area (Å²) in [5.41, 5.74) is 0.621. The molecule has 2 rings (SSSR count). The van der Waals surface area contributed by atoms with E-state index in [2.05, 4.69) is 21.0 Å². The normalized spacial score (nSPS) is 10.1. The number of nitrogens with zero attached hydrogens (tertiary/aromatic N) is 2. The number of hydrogen-bond acceptors (Lipinski definition) is 2. The molecule has 0 aliphatic carbocycles. The Hall–Kier alpha value is -1.42. The van der Waals surface area contributed by atoms with Gasteiger partial charge in [-0.15, -0.1) is 0 Å². The molecular weight excluding hydrogens is 244 g/mol. The molecule has 0 atom stereocenters. The van der Waals surface area contributed by atoms with Gasteiger partial charge in [0, 0.05) is 10.5 Å². The Bertz CT molecular complexity index is 493. The minimum Gasteiger partial charge on any atom is -0.267 e. The van der Waals surface area contributed by atoms with Gasteiger partial charge >= 0.3 is 0 Å². The van der Waals surface area contributed by atoms with Crippen LogP contribution in [0.3, 0.4) is 0 Å². The molecule has 0 bridgehead atoms. The predicted octanol–water partition coefficient (Wildman–Crippen LogP) is 2.00. The van der Waals surface area contributed by atoms with Gasteiger partial charge in [0.05, 0.1) is 11.9 Å². The van der Waals surface area contributed by atoms with E-state index in [-0.39, 0.29) is 5.56 Å². The molecule has 3 nitrogen and oxygen atoms in total. The third-order valence-electron chi connectivity index (χ3n) is 1.77. The fourth-order valence-corrected chi connectivity index (χ4v) is 1.44. The Kier molecular flexibility index (Phi) is 2.45. The van der Waals surface area contributed by atoms with E-state index in [0.29, 0.717) is 4.47 Å². The molecule has 0 aliphatic heterocycles. The Morgan fingerprint density at radius 2 is 1.93 bits per heavy atom. The van der Waals surface area contributed by atoms with Crippen molar-refractivity contribution in [3.05, 3.63) is 57.4 Å². The summed E-state index contributed by atoms with van der Waals surface area (Å²) >= 11 is 3.19. The minimum atomic E-state index is -0.148. The van der Waals surface area contributed by atoms with Crippen molar-refractivity contribution in [2.45, 2.75) is 0 Å². The molecule has 0 fully saturated rings. The molecule has 0 amide bonds. The molecule has 0 N–H and O–H groups in total. The van der Waals surface area contributed by atoms with Gasteiger partial charge in [0.2, 0.25) is 0 Å². The summed E-state index contributed by atoms with van der Waals surface area (Å²) in [7, 11) is 0. The van der Waals surface area contributed by atoms with E-state index in [1.165, 1.54) is 10.7 Å². The Morgan fingerprint density at radius 3 is 2.57 bits per heavy atom. The van der Waals surface area contributed by atoms with Gasteiger partial charge in [0.15, 0.2) is 0 Å². The van der Waals surface area contributed by atoms with Crippen LogP contribution in [0.5, 0.6) is 0 Å². The van der Waals surface area contributed by atoms with E-state index in [1.807, 2.05) is 30.3 Å². The molecule has 0 radical (unpaired) electrons. The largest absolute Gasteiger partial charge is 0.272 e. The van der Waals surface area contributed by atoms with Crippen molar-refractivity contribution < 1.29 is 0 Å². The molecule has 14 heavy (non-hydrogen) atoms. The lowest BCUT2D eigenvalue weighted by molar-refractivity contribution is 0.803. The molecule has 1 aromatic carbocycles. The van der Waals surface area contributed by atoms with Gasteiger partial charge in [0.25, 0.3) is 5.56 Å². The molecule has 0 aliphatic rings. The van der Waals surface area contributed by atoms with E-state index in [1.54, 1.807) is 6.20 Å². The van der Waals surface area contributed by atoms with Crippen LogP contribution in [0.4, 0.5) is 0 Å². The maximum Gasteiger partial charge on any atom is 0.272 e. The first-order valence-corrected chi connectivity index (χ1v) is 4.87. The third kappa shape index (κ3) is 1.75. The first kappa shape index (κ1) is 9.15. The standard InChI is InChI=1S/C10H7BrN2O/c11-8-6-10(14)13(12-7-8)9-4-2-1-3-5-9/h1-7H. The summed E-state index contributed by atoms with van der Waals surface area (Å²) in [6, 6.07) is 10.8. The van der Waals surface area contributed by atoms with E-state index >= 15 is 0 Å². The number of para-hydroxylation sites is 1. The van der Waals surface area contributed by atoms with Crippen molar-refractivity contribution in [2.75, 3.05) is 0 Å². The summed E-state index contributed by atoms with van der Waals surface area (Å²) in [4.78, 5) is 11.5. The molecule has 70 valence electrons. The zero-order valence-electron chi connectivity index (χ0n) is 7.22. The number of rotatable bonds is 1.